The van der Waals surface area contributed by atoms with Crippen LogP contribution in [0.4, 0.5) is 13.2 Å². The second kappa shape index (κ2) is 11.7. The predicted molar refractivity (Wildman–Crippen MR) is 96.6 cm³/mol. The van der Waals surface area contributed by atoms with Gasteiger partial charge in [-0.15, -0.1) is 0 Å². The molecule has 4 N–H and O–H groups in total. The Kier molecular flexibility index (Phi) is 10.8. The quantitative estimate of drug-likeness (QED) is 0.480. The molecule has 7 nitrogen and oxygen atoms in total. The van der Waals surface area contributed by atoms with E-state index in [9.17, 15) is 27.9 Å². The number of hydrogen-bond acceptors (Lipinski definition) is 4. The maximum atomic E-state index is 11.6. The van der Waals surface area contributed by atoms with Crippen LogP contribution in [0, 0.1) is 11.8 Å². The fourth-order valence-corrected chi connectivity index (χ4v) is 3.36. The molecule has 1 saturated heterocycles. The van der Waals surface area contributed by atoms with Gasteiger partial charge in [-0.3, -0.25) is 14.9 Å². The third-order valence-corrected chi connectivity index (χ3v) is 4.66. The third kappa shape index (κ3) is 8.28. The fourth-order valence-electron chi connectivity index (χ4n) is 3.36. The molecule has 28 heavy (non-hydrogen) atoms. The summed E-state index contributed by atoms with van der Waals surface area (Å²) in [5.41, 5.74) is 0. The molecular weight excluding hydrogens is 381 g/mol. The van der Waals surface area contributed by atoms with Crippen LogP contribution in [-0.4, -0.2) is 52.4 Å². The number of carboxylic acids is 2. The zero-order valence-electron chi connectivity index (χ0n) is 16.4. The molecule has 0 aromatic carbocycles. The van der Waals surface area contributed by atoms with Crippen LogP contribution in [0.25, 0.3) is 0 Å². The Morgan fingerprint density at radius 2 is 1.71 bits per heavy atom. The van der Waals surface area contributed by atoms with Crippen LogP contribution >= 0.6 is 0 Å². The Balaban J connectivity index is 0.000000887. The molecule has 4 atom stereocenters. The number of carbonyl (C=O) groups excluding carboxylic acids is 1. The van der Waals surface area contributed by atoms with Gasteiger partial charge in [-0.05, 0) is 25.2 Å². The highest BCUT2D eigenvalue weighted by Crippen LogP contribution is 2.29. The number of rotatable bonds is 7. The minimum Gasteiger partial charge on any atom is -0.480 e. The summed E-state index contributed by atoms with van der Waals surface area (Å²) in [6.07, 6.45) is 1.42. The van der Waals surface area contributed by atoms with Crippen molar-refractivity contribution in [1.82, 2.24) is 10.6 Å². The number of amides is 1. The Bertz CT molecular complexity index is 562. The van der Waals surface area contributed by atoms with Gasteiger partial charge in [-0.1, -0.05) is 38.8 Å². The molecular formula is C18H29F3N2O5. The second-order valence-corrected chi connectivity index (χ2v) is 6.61. The normalized spacial score (nSPS) is 23.2. The second-order valence-electron chi connectivity index (χ2n) is 6.61. The van der Waals surface area contributed by atoms with Crippen LogP contribution in [0.2, 0.25) is 0 Å². The van der Waals surface area contributed by atoms with Crippen molar-refractivity contribution in [2.45, 2.75) is 71.3 Å². The van der Waals surface area contributed by atoms with Crippen molar-refractivity contribution in [1.29, 1.82) is 0 Å². The molecule has 0 spiro atoms. The summed E-state index contributed by atoms with van der Waals surface area (Å²) in [5.74, 6) is -3.17. The molecule has 0 unspecified atom stereocenters. The van der Waals surface area contributed by atoms with Crippen molar-refractivity contribution in [3.8, 4) is 0 Å². The molecule has 0 aliphatic carbocycles. The first-order valence-electron chi connectivity index (χ1n) is 9.07. The van der Waals surface area contributed by atoms with Crippen molar-refractivity contribution in [2.75, 3.05) is 0 Å². The highest BCUT2D eigenvalue weighted by Gasteiger charge is 2.42. The Hall–Kier alpha value is -2.10. The first kappa shape index (κ1) is 25.9. The minimum absolute atomic E-state index is 0.0314. The molecule has 0 saturated carbocycles. The van der Waals surface area contributed by atoms with Gasteiger partial charge in [-0.2, -0.15) is 13.2 Å². The molecule has 0 aromatic rings. The minimum atomic E-state index is -5.08. The van der Waals surface area contributed by atoms with Gasteiger partial charge in [0.2, 0.25) is 5.91 Å². The maximum absolute atomic E-state index is 11.6. The van der Waals surface area contributed by atoms with E-state index in [1.807, 2.05) is 13.0 Å². The molecule has 1 fully saturated rings. The van der Waals surface area contributed by atoms with E-state index in [4.69, 9.17) is 9.90 Å². The lowest BCUT2D eigenvalue weighted by molar-refractivity contribution is -0.192. The van der Waals surface area contributed by atoms with Gasteiger partial charge in [0.25, 0.3) is 0 Å². The lowest BCUT2D eigenvalue weighted by Crippen LogP contribution is -2.54. The summed E-state index contributed by atoms with van der Waals surface area (Å²) in [4.78, 5) is 31.7. The molecule has 1 aliphatic rings. The number of carboxylic acid groups (broad SMARTS) is 2. The van der Waals surface area contributed by atoms with Gasteiger partial charge in [0.1, 0.15) is 6.04 Å². The molecule has 1 rings (SSSR count). The number of allylic oxidation sites excluding steroid dienone is 1. The van der Waals surface area contributed by atoms with E-state index >= 15 is 0 Å². The number of aliphatic carboxylic acids is 2. The standard InChI is InChI=1S/C16H28N2O3.C2HF3O2/c1-5-8-12-9-13(16(20)21)18-15(12)14(17-10(4)19)11(6-2)7-3;3-2(4,5)1(6)7/h5,8,11-15,18H,6-7,9H2,1-4H3,(H,17,19)(H,20,21);(H,6,7)/b8-5-;/t12-,13-,14+,15-;/m1./s1. The topological polar surface area (TPSA) is 116 Å². The lowest BCUT2D eigenvalue weighted by atomic mass is 9.83. The Morgan fingerprint density at radius 1 is 1.21 bits per heavy atom. The first-order valence-corrected chi connectivity index (χ1v) is 9.07. The molecule has 1 amide bonds. The number of alkyl halides is 3. The average Bonchev–Trinajstić information content (AvgIpc) is 2.99. The van der Waals surface area contributed by atoms with Crippen LogP contribution in [0.1, 0.15) is 47.0 Å². The SMILES string of the molecule is C/C=C\[C@@H]1C[C@H](C(=O)O)N[C@H]1[C@@H](NC(C)=O)C(CC)CC.O=C(O)C(F)(F)F. The summed E-state index contributed by atoms with van der Waals surface area (Å²) in [6, 6.07) is -0.610. The molecule has 1 aliphatic heterocycles. The summed E-state index contributed by atoms with van der Waals surface area (Å²) < 4.78 is 31.7. The molecule has 10 heteroatoms. The zero-order valence-corrected chi connectivity index (χ0v) is 16.4. The van der Waals surface area contributed by atoms with Crippen LogP contribution in [0.15, 0.2) is 12.2 Å². The Morgan fingerprint density at radius 3 is 2.04 bits per heavy atom. The van der Waals surface area contributed by atoms with Crippen molar-refractivity contribution in [3.63, 3.8) is 0 Å². The molecule has 0 radical (unpaired) electrons. The van der Waals surface area contributed by atoms with E-state index in [0.29, 0.717) is 12.3 Å². The molecule has 0 aromatic heterocycles. The van der Waals surface area contributed by atoms with E-state index in [1.165, 1.54) is 6.92 Å². The summed E-state index contributed by atoms with van der Waals surface area (Å²) >= 11 is 0. The zero-order chi connectivity index (χ0) is 22.1. The monoisotopic (exact) mass is 410 g/mol. The highest BCUT2D eigenvalue weighted by atomic mass is 19.4. The van der Waals surface area contributed by atoms with Crippen molar-refractivity contribution in [2.24, 2.45) is 11.8 Å². The van der Waals surface area contributed by atoms with Crippen LogP contribution in [0.5, 0.6) is 0 Å². The third-order valence-electron chi connectivity index (χ3n) is 4.66. The smallest absolute Gasteiger partial charge is 0.480 e. The number of nitrogens with one attached hydrogen (secondary N) is 2. The average molecular weight is 410 g/mol. The lowest BCUT2D eigenvalue weighted by Gasteiger charge is -2.34. The van der Waals surface area contributed by atoms with Gasteiger partial charge in [0.05, 0.1) is 0 Å². The number of halogens is 3. The van der Waals surface area contributed by atoms with Crippen molar-refractivity contribution < 1.29 is 37.8 Å². The summed E-state index contributed by atoms with van der Waals surface area (Å²) in [5, 5.41) is 22.6. The Labute approximate surface area is 162 Å². The van der Waals surface area contributed by atoms with Gasteiger partial charge in [0.15, 0.2) is 0 Å². The van der Waals surface area contributed by atoms with Crippen LogP contribution < -0.4 is 10.6 Å². The van der Waals surface area contributed by atoms with Gasteiger partial charge in [-0.25, -0.2) is 4.79 Å². The van der Waals surface area contributed by atoms with E-state index in [2.05, 4.69) is 30.6 Å². The van der Waals surface area contributed by atoms with Crippen LogP contribution in [0.3, 0.4) is 0 Å². The van der Waals surface area contributed by atoms with Gasteiger partial charge < -0.3 is 15.5 Å². The van der Waals surface area contributed by atoms with Gasteiger partial charge in [0, 0.05) is 19.0 Å². The van der Waals surface area contributed by atoms with Gasteiger partial charge >= 0.3 is 18.1 Å². The predicted octanol–water partition coefficient (Wildman–Crippen LogP) is 2.57. The fraction of sp³-hybridized carbons (Fsp3) is 0.722. The number of carbonyl (C=O) groups is 3. The van der Waals surface area contributed by atoms with Crippen LogP contribution in [-0.2, 0) is 14.4 Å². The van der Waals surface area contributed by atoms with E-state index < -0.39 is 24.2 Å². The van der Waals surface area contributed by atoms with Crippen molar-refractivity contribution >= 4 is 17.8 Å². The largest absolute Gasteiger partial charge is 0.490 e. The first-order chi connectivity index (χ1) is 12.9. The molecule has 1 heterocycles. The molecule has 0 bridgehead atoms. The van der Waals surface area contributed by atoms with E-state index in [1.54, 1.807) is 0 Å². The molecule has 162 valence electrons. The summed E-state index contributed by atoms with van der Waals surface area (Å²) in [6.45, 7) is 7.67. The van der Waals surface area contributed by atoms with E-state index in [-0.39, 0.29) is 23.9 Å². The number of hydrogen-bond donors (Lipinski definition) is 4. The van der Waals surface area contributed by atoms with Crippen molar-refractivity contribution in [3.05, 3.63) is 12.2 Å². The highest BCUT2D eigenvalue weighted by molar-refractivity contribution is 5.75. The summed E-state index contributed by atoms with van der Waals surface area (Å²) in [7, 11) is 0. The maximum Gasteiger partial charge on any atom is 0.490 e. The van der Waals surface area contributed by atoms with E-state index in [0.717, 1.165) is 12.8 Å².